The van der Waals surface area contributed by atoms with E-state index in [0.717, 1.165) is 12.1 Å². The summed E-state index contributed by atoms with van der Waals surface area (Å²) in [5.74, 6) is -2.66. The normalized spacial score (nSPS) is 13.4. The van der Waals surface area contributed by atoms with Crippen LogP contribution in [0.15, 0.2) is 42.5 Å². The lowest BCUT2D eigenvalue weighted by molar-refractivity contribution is -0.122. The lowest BCUT2D eigenvalue weighted by Crippen LogP contribution is -2.38. The third-order valence-electron chi connectivity index (χ3n) is 3.47. The van der Waals surface area contributed by atoms with Crippen molar-refractivity contribution in [3.8, 4) is 0 Å². The first-order valence-electron chi connectivity index (χ1n) is 7.04. The van der Waals surface area contributed by atoms with E-state index in [1.54, 1.807) is 6.92 Å². The number of nitrogens with one attached hydrogen (secondary N) is 1. The Balaban J connectivity index is 2.00. The maximum atomic E-state index is 13.5. The van der Waals surface area contributed by atoms with Crippen molar-refractivity contribution in [2.24, 2.45) is 0 Å². The van der Waals surface area contributed by atoms with Crippen molar-refractivity contribution in [3.05, 3.63) is 71.0 Å². The van der Waals surface area contributed by atoms with Crippen LogP contribution in [0, 0.1) is 17.5 Å². The number of carbonyl (C=O) groups excluding carboxylic acids is 1. The molecule has 0 heterocycles. The Kier molecular flexibility index (Phi) is 5.39. The Morgan fingerprint density at radius 3 is 2.22 bits per heavy atom. The fourth-order valence-corrected chi connectivity index (χ4v) is 2.19. The van der Waals surface area contributed by atoms with Crippen molar-refractivity contribution < 1.29 is 23.1 Å². The Labute approximate surface area is 131 Å². The summed E-state index contributed by atoms with van der Waals surface area (Å²) in [6, 6.07) is 7.85. The highest BCUT2D eigenvalue weighted by Gasteiger charge is 2.20. The van der Waals surface area contributed by atoms with E-state index in [1.165, 1.54) is 30.3 Å². The van der Waals surface area contributed by atoms with E-state index < -0.39 is 41.9 Å². The van der Waals surface area contributed by atoms with Gasteiger partial charge in [-0.15, -0.1) is 0 Å². The Bertz CT molecular complexity index is 668. The van der Waals surface area contributed by atoms with Crippen LogP contribution in [0.5, 0.6) is 0 Å². The summed E-state index contributed by atoms with van der Waals surface area (Å²) in [4.78, 5) is 11.9. The Morgan fingerprint density at radius 2 is 1.65 bits per heavy atom. The van der Waals surface area contributed by atoms with Gasteiger partial charge >= 0.3 is 0 Å². The highest BCUT2D eigenvalue weighted by atomic mass is 19.1. The second kappa shape index (κ2) is 7.28. The highest BCUT2D eigenvalue weighted by molar-refractivity contribution is 5.79. The maximum Gasteiger partial charge on any atom is 0.224 e. The molecule has 0 aliphatic heterocycles. The van der Waals surface area contributed by atoms with Gasteiger partial charge in [0.2, 0.25) is 5.91 Å². The van der Waals surface area contributed by atoms with E-state index in [9.17, 15) is 23.1 Å². The number of amides is 1. The molecule has 2 rings (SSSR count). The quantitative estimate of drug-likeness (QED) is 0.889. The van der Waals surface area contributed by atoms with Crippen LogP contribution in [-0.2, 0) is 11.2 Å². The van der Waals surface area contributed by atoms with E-state index in [-0.39, 0.29) is 5.56 Å². The first kappa shape index (κ1) is 17.0. The predicted molar refractivity (Wildman–Crippen MR) is 79.0 cm³/mol. The molecule has 1 amide bonds. The fraction of sp³-hybridized carbons (Fsp3) is 0.235. The summed E-state index contributed by atoms with van der Waals surface area (Å²) in [5, 5.41) is 12.6. The van der Waals surface area contributed by atoms with Crippen molar-refractivity contribution in [1.82, 2.24) is 5.32 Å². The molecule has 122 valence electrons. The average Bonchev–Trinajstić information content (AvgIpc) is 2.51. The molecule has 0 spiro atoms. The first-order chi connectivity index (χ1) is 10.9. The molecule has 0 aromatic heterocycles. The van der Waals surface area contributed by atoms with E-state index in [0.29, 0.717) is 5.56 Å². The van der Waals surface area contributed by atoms with E-state index in [1.807, 2.05) is 0 Å². The predicted octanol–water partition coefficient (Wildman–Crippen LogP) is 2.88. The monoisotopic (exact) mass is 323 g/mol. The lowest BCUT2D eigenvalue weighted by Gasteiger charge is -2.20. The molecule has 0 fully saturated rings. The largest absolute Gasteiger partial charge is 0.386 e. The van der Waals surface area contributed by atoms with Gasteiger partial charge in [-0.05, 0) is 36.8 Å². The number of rotatable bonds is 5. The molecule has 2 unspecified atom stereocenters. The molecule has 0 aliphatic carbocycles. The number of aliphatic hydroxyl groups is 1. The standard InChI is InChI=1S/C17H16F3NO2/c1-10(17(23)11-5-7-12(18)8-6-11)21-16(22)9-13-14(19)3-2-4-15(13)20/h2-8,10,17,23H,9H2,1H3,(H,21,22). The van der Waals surface area contributed by atoms with E-state index >= 15 is 0 Å². The third kappa shape index (κ3) is 4.32. The van der Waals surface area contributed by atoms with Crippen molar-refractivity contribution >= 4 is 5.91 Å². The molecule has 0 saturated carbocycles. The zero-order valence-electron chi connectivity index (χ0n) is 12.4. The van der Waals surface area contributed by atoms with Crippen LogP contribution >= 0.6 is 0 Å². The fourth-order valence-electron chi connectivity index (χ4n) is 2.19. The molecule has 0 radical (unpaired) electrons. The second-order valence-corrected chi connectivity index (χ2v) is 5.23. The highest BCUT2D eigenvalue weighted by Crippen LogP contribution is 2.18. The SMILES string of the molecule is CC(NC(=O)Cc1c(F)cccc1F)C(O)c1ccc(F)cc1. The molecule has 2 aromatic rings. The van der Waals surface area contributed by atoms with Gasteiger partial charge in [-0.1, -0.05) is 18.2 Å². The van der Waals surface area contributed by atoms with Crippen LogP contribution in [0.4, 0.5) is 13.2 Å². The Hall–Kier alpha value is -2.34. The minimum Gasteiger partial charge on any atom is -0.386 e. The Morgan fingerprint density at radius 1 is 1.09 bits per heavy atom. The van der Waals surface area contributed by atoms with Crippen LogP contribution in [-0.4, -0.2) is 17.1 Å². The number of hydrogen-bond donors (Lipinski definition) is 2. The molecule has 2 N–H and O–H groups in total. The van der Waals surface area contributed by atoms with Crippen molar-refractivity contribution in [1.29, 1.82) is 0 Å². The third-order valence-corrected chi connectivity index (χ3v) is 3.47. The summed E-state index contributed by atoms with van der Waals surface area (Å²) >= 11 is 0. The molecular formula is C17H16F3NO2. The van der Waals surface area contributed by atoms with Crippen molar-refractivity contribution in [3.63, 3.8) is 0 Å². The maximum absolute atomic E-state index is 13.5. The van der Waals surface area contributed by atoms with Gasteiger partial charge in [0.15, 0.2) is 0 Å². The summed E-state index contributed by atoms with van der Waals surface area (Å²) in [7, 11) is 0. The van der Waals surface area contributed by atoms with Crippen molar-refractivity contribution in [2.75, 3.05) is 0 Å². The minimum atomic E-state index is -1.06. The van der Waals surface area contributed by atoms with Gasteiger partial charge in [0.25, 0.3) is 0 Å². The number of hydrogen-bond acceptors (Lipinski definition) is 2. The molecule has 6 heteroatoms. The summed E-state index contributed by atoms with van der Waals surface area (Å²) in [6.07, 6.45) is -1.54. The summed E-state index contributed by atoms with van der Waals surface area (Å²) < 4.78 is 39.9. The van der Waals surface area contributed by atoms with Gasteiger partial charge in [-0.2, -0.15) is 0 Å². The van der Waals surface area contributed by atoms with Crippen molar-refractivity contribution in [2.45, 2.75) is 25.5 Å². The lowest BCUT2D eigenvalue weighted by atomic mass is 10.0. The second-order valence-electron chi connectivity index (χ2n) is 5.23. The van der Waals surface area contributed by atoms with Crippen LogP contribution < -0.4 is 5.32 Å². The van der Waals surface area contributed by atoms with Crippen LogP contribution in [0.3, 0.4) is 0 Å². The van der Waals surface area contributed by atoms with Crippen LogP contribution in [0.25, 0.3) is 0 Å². The summed E-state index contributed by atoms with van der Waals surface area (Å²) in [6.45, 7) is 1.55. The molecule has 0 aliphatic rings. The van der Waals surface area contributed by atoms with Gasteiger partial charge in [-0.25, -0.2) is 13.2 Å². The topological polar surface area (TPSA) is 49.3 Å². The molecule has 3 nitrogen and oxygen atoms in total. The molecule has 0 saturated heterocycles. The van der Waals surface area contributed by atoms with E-state index in [2.05, 4.69) is 5.32 Å². The van der Waals surface area contributed by atoms with Crippen LogP contribution in [0.1, 0.15) is 24.2 Å². The number of aliphatic hydroxyl groups excluding tert-OH is 1. The zero-order chi connectivity index (χ0) is 17.0. The average molecular weight is 323 g/mol. The van der Waals surface area contributed by atoms with Gasteiger partial charge in [0.05, 0.1) is 18.6 Å². The number of halogens is 3. The zero-order valence-corrected chi connectivity index (χ0v) is 12.4. The van der Waals surface area contributed by atoms with Gasteiger partial charge in [0.1, 0.15) is 17.5 Å². The van der Waals surface area contributed by atoms with Gasteiger partial charge in [-0.3, -0.25) is 4.79 Å². The number of benzene rings is 2. The van der Waals surface area contributed by atoms with Gasteiger partial charge in [0, 0.05) is 5.56 Å². The first-order valence-corrected chi connectivity index (χ1v) is 7.04. The van der Waals surface area contributed by atoms with Gasteiger partial charge < -0.3 is 10.4 Å². The minimum absolute atomic E-state index is 0.325. The molecular weight excluding hydrogens is 307 g/mol. The molecule has 2 atom stereocenters. The smallest absolute Gasteiger partial charge is 0.224 e. The molecule has 2 aromatic carbocycles. The van der Waals surface area contributed by atoms with Crippen LogP contribution in [0.2, 0.25) is 0 Å². The summed E-state index contributed by atoms with van der Waals surface area (Å²) in [5.41, 5.74) is 0.102. The molecule has 23 heavy (non-hydrogen) atoms. The van der Waals surface area contributed by atoms with E-state index in [4.69, 9.17) is 0 Å². The molecule has 0 bridgehead atoms. The number of carbonyl (C=O) groups is 1.